The second kappa shape index (κ2) is 4.81. The quantitative estimate of drug-likeness (QED) is 0.781. The van der Waals surface area contributed by atoms with Crippen LogP contribution in [0.15, 0.2) is 22.8 Å². The van der Waals surface area contributed by atoms with Crippen molar-refractivity contribution in [1.29, 1.82) is 0 Å². The largest absolute Gasteiger partial charge is 0.467 e. The van der Waals surface area contributed by atoms with E-state index in [9.17, 15) is 5.11 Å². The molecule has 1 aromatic heterocycles. The second-order valence-electron chi connectivity index (χ2n) is 4.46. The van der Waals surface area contributed by atoms with E-state index in [0.29, 0.717) is 24.3 Å². The van der Waals surface area contributed by atoms with Crippen molar-refractivity contribution in [2.75, 3.05) is 0 Å². The van der Waals surface area contributed by atoms with Crippen molar-refractivity contribution in [1.82, 2.24) is 5.32 Å². The van der Waals surface area contributed by atoms with Crippen LogP contribution < -0.4 is 5.32 Å². The Morgan fingerprint density at radius 3 is 2.93 bits per heavy atom. The van der Waals surface area contributed by atoms with Crippen LogP contribution in [0.4, 0.5) is 0 Å². The van der Waals surface area contributed by atoms with Crippen LogP contribution in [0.5, 0.6) is 0 Å². The third-order valence-corrected chi connectivity index (χ3v) is 3.07. The van der Waals surface area contributed by atoms with Crippen LogP contribution in [-0.4, -0.2) is 17.2 Å². The fourth-order valence-corrected chi connectivity index (χ4v) is 1.98. The van der Waals surface area contributed by atoms with E-state index in [1.807, 2.05) is 12.1 Å². The molecule has 3 heteroatoms. The molecule has 0 aromatic carbocycles. The average molecular weight is 209 g/mol. The van der Waals surface area contributed by atoms with Gasteiger partial charge in [0.15, 0.2) is 0 Å². The van der Waals surface area contributed by atoms with E-state index in [1.54, 1.807) is 6.26 Å². The zero-order valence-corrected chi connectivity index (χ0v) is 9.15. The molecule has 0 bridgehead atoms. The molecule has 2 unspecified atom stereocenters. The van der Waals surface area contributed by atoms with Gasteiger partial charge in [0.25, 0.3) is 0 Å². The molecule has 0 spiro atoms. The SMILES string of the molecule is CC(CC(O)c1ccco1)NC1CCC1. The third-order valence-electron chi connectivity index (χ3n) is 3.07. The van der Waals surface area contributed by atoms with Crippen molar-refractivity contribution in [2.24, 2.45) is 0 Å². The van der Waals surface area contributed by atoms with Crippen molar-refractivity contribution >= 4 is 0 Å². The van der Waals surface area contributed by atoms with Crippen LogP contribution in [0.1, 0.15) is 44.5 Å². The van der Waals surface area contributed by atoms with Crippen LogP contribution in [0.2, 0.25) is 0 Å². The highest BCUT2D eigenvalue weighted by molar-refractivity contribution is 5.02. The molecule has 1 aliphatic rings. The van der Waals surface area contributed by atoms with Gasteiger partial charge < -0.3 is 14.8 Å². The highest BCUT2D eigenvalue weighted by atomic mass is 16.4. The number of hydrogen-bond donors (Lipinski definition) is 2. The van der Waals surface area contributed by atoms with Gasteiger partial charge in [-0.2, -0.15) is 0 Å². The van der Waals surface area contributed by atoms with Gasteiger partial charge in [-0.15, -0.1) is 0 Å². The summed E-state index contributed by atoms with van der Waals surface area (Å²) in [7, 11) is 0. The molecule has 1 fully saturated rings. The lowest BCUT2D eigenvalue weighted by atomic mass is 9.92. The molecule has 1 aromatic rings. The van der Waals surface area contributed by atoms with Gasteiger partial charge in [0.2, 0.25) is 0 Å². The van der Waals surface area contributed by atoms with E-state index in [0.717, 1.165) is 0 Å². The van der Waals surface area contributed by atoms with E-state index in [-0.39, 0.29) is 0 Å². The molecule has 0 radical (unpaired) electrons. The van der Waals surface area contributed by atoms with Gasteiger partial charge in [0.1, 0.15) is 11.9 Å². The van der Waals surface area contributed by atoms with Gasteiger partial charge in [0, 0.05) is 12.1 Å². The zero-order chi connectivity index (χ0) is 10.7. The minimum Gasteiger partial charge on any atom is -0.467 e. The molecule has 0 aliphatic heterocycles. The highest BCUT2D eigenvalue weighted by Gasteiger charge is 2.21. The lowest BCUT2D eigenvalue weighted by molar-refractivity contribution is 0.123. The van der Waals surface area contributed by atoms with Crippen LogP contribution in [0.25, 0.3) is 0 Å². The maximum Gasteiger partial charge on any atom is 0.132 e. The third kappa shape index (κ3) is 2.83. The molecule has 84 valence electrons. The smallest absolute Gasteiger partial charge is 0.132 e. The van der Waals surface area contributed by atoms with E-state index in [1.165, 1.54) is 19.3 Å². The van der Waals surface area contributed by atoms with Gasteiger partial charge in [-0.05, 0) is 38.3 Å². The summed E-state index contributed by atoms with van der Waals surface area (Å²) >= 11 is 0. The summed E-state index contributed by atoms with van der Waals surface area (Å²) in [5.74, 6) is 0.664. The van der Waals surface area contributed by atoms with Crippen LogP contribution in [-0.2, 0) is 0 Å². The van der Waals surface area contributed by atoms with Gasteiger partial charge in [-0.25, -0.2) is 0 Å². The summed E-state index contributed by atoms with van der Waals surface area (Å²) in [5, 5.41) is 13.4. The molecule has 2 atom stereocenters. The number of furan rings is 1. The summed E-state index contributed by atoms with van der Waals surface area (Å²) in [5.41, 5.74) is 0. The zero-order valence-electron chi connectivity index (χ0n) is 9.15. The molecule has 1 saturated carbocycles. The second-order valence-corrected chi connectivity index (χ2v) is 4.46. The fraction of sp³-hybridized carbons (Fsp3) is 0.667. The summed E-state index contributed by atoms with van der Waals surface area (Å²) < 4.78 is 5.16. The van der Waals surface area contributed by atoms with Crippen LogP contribution in [0.3, 0.4) is 0 Å². The molecule has 1 heterocycles. The van der Waals surface area contributed by atoms with Crippen molar-refractivity contribution < 1.29 is 9.52 Å². The first-order valence-electron chi connectivity index (χ1n) is 5.73. The Bertz CT molecular complexity index is 280. The number of aliphatic hydroxyl groups is 1. The fourth-order valence-electron chi connectivity index (χ4n) is 1.98. The number of nitrogens with one attached hydrogen (secondary N) is 1. The molecule has 2 N–H and O–H groups in total. The normalized spacial score (nSPS) is 20.9. The van der Waals surface area contributed by atoms with Crippen molar-refractivity contribution in [3.8, 4) is 0 Å². The lowest BCUT2D eigenvalue weighted by Crippen LogP contribution is -2.41. The topological polar surface area (TPSA) is 45.4 Å². The molecular weight excluding hydrogens is 190 g/mol. The Labute approximate surface area is 90.5 Å². The Balaban J connectivity index is 1.75. The Morgan fingerprint density at radius 2 is 2.40 bits per heavy atom. The van der Waals surface area contributed by atoms with Gasteiger partial charge in [0.05, 0.1) is 6.26 Å². The summed E-state index contributed by atoms with van der Waals surface area (Å²) in [6.07, 6.45) is 5.72. The van der Waals surface area contributed by atoms with E-state index in [4.69, 9.17) is 4.42 Å². The van der Waals surface area contributed by atoms with E-state index < -0.39 is 6.10 Å². The number of aliphatic hydroxyl groups excluding tert-OH is 1. The predicted molar refractivity (Wildman–Crippen MR) is 58.5 cm³/mol. The Hall–Kier alpha value is -0.800. The van der Waals surface area contributed by atoms with Gasteiger partial charge in [-0.3, -0.25) is 0 Å². The molecule has 3 nitrogen and oxygen atoms in total. The van der Waals surface area contributed by atoms with Crippen molar-refractivity contribution in [3.63, 3.8) is 0 Å². The van der Waals surface area contributed by atoms with E-state index in [2.05, 4.69) is 12.2 Å². The molecule has 1 aliphatic carbocycles. The van der Waals surface area contributed by atoms with Crippen LogP contribution in [0, 0.1) is 0 Å². The lowest BCUT2D eigenvalue weighted by Gasteiger charge is -2.30. The number of rotatable bonds is 5. The minimum absolute atomic E-state index is 0.343. The molecule has 15 heavy (non-hydrogen) atoms. The molecule has 0 amide bonds. The molecule has 0 saturated heterocycles. The first-order valence-corrected chi connectivity index (χ1v) is 5.73. The maximum absolute atomic E-state index is 9.85. The highest BCUT2D eigenvalue weighted by Crippen LogP contribution is 2.22. The standard InChI is InChI=1S/C12H19NO2/c1-9(13-10-4-2-5-10)8-11(14)12-6-3-7-15-12/h3,6-7,9-11,13-14H,2,4-5,8H2,1H3. The Morgan fingerprint density at radius 1 is 1.60 bits per heavy atom. The van der Waals surface area contributed by atoms with E-state index >= 15 is 0 Å². The Kier molecular flexibility index (Phi) is 3.44. The molecular formula is C12H19NO2. The predicted octanol–water partition coefficient (Wildman–Crippen LogP) is 2.23. The summed E-state index contributed by atoms with van der Waals surface area (Å²) in [6, 6.07) is 4.64. The van der Waals surface area contributed by atoms with Crippen LogP contribution >= 0.6 is 0 Å². The minimum atomic E-state index is -0.484. The first kappa shape index (κ1) is 10.7. The monoisotopic (exact) mass is 209 g/mol. The summed E-state index contributed by atoms with van der Waals surface area (Å²) in [4.78, 5) is 0. The van der Waals surface area contributed by atoms with Gasteiger partial charge >= 0.3 is 0 Å². The molecule has 2 rings (SSSR count). The number of hydrogen-bond acceptors (Lipinski definition) is 3. The van der Waals surface area contributed by atoms with Gasteiger partial charge in [-0.1, -0.05) is 6.42 Å². The summed E-state index contributed by atoms with van der Waals surface area (Å²) in [6.45, 7) is 2.12. The maximum atomic E-state index is 9.85. The first-order chi connectivity index (χ1) is 7.25. The van der Waals surface area contributed by atoms with Crippen molar-refractivity contribution in [3.05, 3.63) is 24.2 Å². The van der Waals surface area contributed by atoms with Crippen molar-refractivity contribution in [2.45, 2.75) is 50.8 Å². The average Bonchev–Trinajstić information content (AvgIpc) is 2.64.